The van der Waals surface area contributed by atoms with Crippen LogP contribution in [0.15, 0.2) is 34.9 Å². The smallest absolute Gasteiger partial charge is 0.228 e. The van der Waals surface area contributed by atoms with E-state index in [-0.39, 0.29) is 12.3 Å². The average molecular weight is 418 g/mol. The second kappa shape index (κ2) is 7.53. The highest BCUT2D eigenvalue weighted by molar-refractivity contribution is 9.10. The first-order valence-corrected chi connectivity index (χ1v) is 9.58. The van der Waals surface area contributed by atoms with Crippen molar-refractivity contribution >= 4 is 33.3 Å². The van der Waals surface area contributed by atoms with Crippen LogP contribution in [0.25, 0.3) is 0 Å². The molecule has 0 spiro atoms. The van der Waals surface area contributed by atoms with Gasteiger partial charge >= 0.3 is 0 Å². The molecule has 3 heterocycles. The summed E-state index contributed by atoms with van der Waals surface area (Å²) < 4.78 is 12.0. The molecule has 0 saturated carbocycles. The highest BCUT2D eigenvalue weighted by atomic mass is 79.9. The number of fused-ring (bicyclic) bond motifs is 1. The number of ether oxygens (including phenoxy) is 2. The van der Waals surface area contributed by atoms with E-state index in [1.165, 1.54) is 0 Å². The molecule has 2 aliphatic heterocycles. The quantitative estimate of drug-likeness (QED) is 0.825. The topological polar surface area (TPSA) is 63.7 Å². The number of aromatic nitrogens is 1. The second-order valence-corrected chi connectivity index (χ2v) is 7.24. The predicted molar refractivity (Wildman–Crippen MR) is 103 cm³/mol. The van der Waals surface area contributed by atoms with Gasteiger partial charge in [-0.2, -0.15) is 0 Å². The zero-order chi connectivity index (χ0) is 17.9. The normalized spacial score (nSPS) is 15.8. The second-order valence-electron chi connectivity index (χ2n) is 6.38. The van der Waals surface area contributed by atoms with E-state index in [0.29, 0.717) is 24.7 Å². The van der Waals surface area contributed by atoms with Crippen LogP contribution in [0.3, 0.4) is 0 Å². The molecule has 1 saturated heterocycles. The van der Waals surface area contributed by atoms with Crippen molar-refractivity contribution in [1.29, 1.82) is 0 Å². The molecule has 0 atom stereocenters. The maximum absolute atomic E-state index is 12.6. The van der Waals surface area contributed by atoms with Crippen LogP contribution in [0.2, 0.25) is 0 Å². The SMILES string of the molecule is O=C(Cc1cc2c(cc1Br)OCCO2)Nc1cccnc1N1CCCC1. The average Bonchev–Trinajstić information content (AvgIpc) is 3.17. The van der Waals surface area contributed by atoms with Gasteiger partial charge in [0.25, 0.3) is 0 Å². The van der Waals surface area contributed by atoms with Gasteiger partial charge in [-0.3, -0.25) is 4.79 Å². The van der Waals surface area contributed by atoms with E-state index in [9.17, 15) is 4.79 Å². The number of nitrogens with one attached hydrogen (secondary N) is 1. The summed E-state index contributed by atoms with van der Waals surface area (Å²) in [5, 5.41) is 3.01. The third-order valence-electron chi connectivity index (χ3n) is 4.53. The fourth-order valence-corrected chi connectivity index (χ4v) is 3.75. The van der Waals surface area contributed by atoms with Gasteiger partial charge in [0.2, 0.25) is 5.91 Å². The maximum atomic E-state index is 12.6. The summed E-state index contributed by atoms with van der Waals surface area (Å²) in [5.41, 5.74) is 1.62. The van der Waals surface area contributed by atoms with E-state index in [2.05, 4.69) is 31.1 Å². The van der Waals surface area contributed by atoms with Gasteiger partial charge in [-0.1, -0.05) is 15.9 Å². The van der Waals surface area contributed by atoms with Gasteiger partial charge in [0, 0.05) is 23.8 Å². The standard InChI is InChI=1S/C19H20BrN3O3/c20-14-12-17-16(25-8-9-26-17)10-13(14)11-18(24)22-15-4-3-5-21-19(15)23-6-1-2-7-23/h3-5,10,12H,1-2,6-9,11H2,(H,22,24). The Hall–Kier alpha value is -2.28. The molecule has 2 aliphatic rings. The molecule has 0 radical (unpaired) electrons. The first-order valence-electron chi connectivity index (χ1n) is 8.78. The van der Waals surface area contributed by atoms with Gasteiger partial charge < -0.3 is 19.7 Å². The lowest BCUT2D eigenvalue weighted by molar-refractivity contribution is -0.115. The number of hydrogen-bond acceptors (Lipinski definition) is 5. The Morgan fingerprint density at radius 3 is 2.69 bits per heavy atom. The number of hydrogen-bond donors (Lipinski definition) is 1. The van der Waals surface area contributed by atoms with Gasteiger partial charge in [0.15, 0.2) is 17.3 Å². The molecule has 0 aliphatic carbocycles. The van der Waals surface area contributed by atoms with Crippen LogP contribution >= 0.6 is 15.9 Å². The minimum absolute atomic E-state index is 0.0872. The lowest BCUT2D eigenvalue weighted by Gasteiger charge is -2.21. The third kappa shape index (κ3) is 3.62. The van der Waals surface area contributed by atoms with E-state index in [4.69, 9.17) is 9.47 Å². The van der Waals surface area contributed by atoms with Gasteiger partial charge in [-0.05, 0) is 42.7 Å². The molecule has 1 fully saturated rings. The molecular formula is C19H20BrN3O3. The number of carbonyl (C=O) groups is 1. The van der Waals surface area contributed by atoms with Crippen molar-refractivity contribution < 1.29 is 14.3 Å². The Kier molecular flexibility index (Phi) is 4.97. The van der Waals surface area contributed by atoms with E-state index >= 15 is 0 Å². The number of pyridine rings is 1. The maximum Gasteiger partial charge on any atom is 0.228 e. The highest BCUT2D eigenvalue weighted by Crippen LogP contribution is 2.36. The number of amides is 1. The number of anilines is 2. The number of halogens is 1. The Morgan fingerprint density at radius 1 is 1.19 bits per heavy atom. The van der Waals surface area contributed by atoms with Crippen LogP contribution in [-0.4, -0.2) is 37.2 Å². The number of nitrogens with zero attached hydrogens (tertiary/aromatic N) is 2. The largest absolute Gasteiger partial charge is 0.486 e. The van der Waals surface area contributed by atoms with Crippen molar-refractivity contribution in [1.82, 2.24) is 4.98 Å². The van der Waals surface area contributed by atoms with Crippen molar-refractivity contribution in [3.05, 3.63) is 40.5 Å². The summed E-state index contributed by atoms with van der Waals surface area (Å²) in [6, 6.07) is 7.46. The van der Waals surface area contributed by atoms with Crippen molar-refractivity contribution in [2.24, 2.45) is 0 Å². The van der Waals surface area contributed by atoms with Crippen LogP contribution in [0.5, 0.6) is 11.5 Å². The molecule has 136 valence electrons. The molecule has 1 aromatic heterocycles. The molecule has 0 unspecified atom stereocenters. The fraction of sp³-hybridized carbons (Fsp3) is 0.368. The van der Waals surface area contributed by atoms with E-state index < -0.39 is 0 Å². The number of carbonyl (C=O) groups excluding carboxylic acids is 1. The Morgan fingerprint density at radius 2 is 1.92 bits per heavy atom. The molecule has 4 rings (SSSR count). The predicted octanol–water partition coefficient (Wildman–Crippen LogP) is 3.40. The van der Waals surface area contributed by atoms with Gasteiger partial charge in [0.1, 0.15) is 13.2 Å². The summed E-state index contributed by atoms with van der Waals surface area (Å²) in [5.74, 6) is 2.15. The molecule has 1 N–H and O–H groups in total. The summed E-state index contributed by atoms with van der Waals surface area (Å²) >= 11 is 3.52. The van der Waals surface area contributed by atoms with Crippen molar-refractivity contribution in [3.8, 4) is 11.5 Å². The third-order valence-corrected chi connectivity index (χ3v) is 5.27. The Bertz CT molecular complexity index is 822. The lowest BCUT2D eigenvalue weighted by Crippen LogP contribution is -2.23. The summed E-state index contributed by atoms with van der Waals surface area (Å²) in [6.45, 7) is 3.02. The Labute approximate surface area is 160 Å². The minimum Gasteiger partial charge on any atom is -0.486 e. The minimum atomic E-state index is -0.0872. The van der Waals surface area contributed by atoms with Crippen LogP contribution in [0.4, 0.5) is 11.5 Å². The van der Waals surface area contributed by atoms with Crippen molar-refractivity contribution in [2.45, 2.75) is 19.3 Å². The van der Waals surface area contributed by atoms with Crippen LogP contribution < -0.4 is 19.7 Å². The van der Waals surface area contributed by atoms with Crippen molar-refractivity contribution in [3.63, 3.8) is 0 Å². The summed E-state index contributed by atoms with van der Waals surface area (Å²) in [7, 11) is 0. The molecule has 1 aromatic carbocycles. The molecular weight excluding hydrogens is 398 g/mol. The van der Waals surface area contributed by atoms with Gasteiger partial charge in [-0.15, -0.1) is 0 Å². The fourth-order valence-electron chi connectivity index (χ4n) is 3.28. The van der Waals surface area contributed by atoms with Crippen LogP contribution in [0, 0.1) is 0 Å². The first kappa shape index (κ1) is 17.1. The van der Waals surface area contributed by atoms with Crippen LogP contribution in [-0.2, 0) is 11.2 Å². The summed E-state index contributed by atoms with van der Waals surface area (Å²) in [6.07, 6.45) is 4.33. The zero-order valence-corrected chi connectivity index (χ0v) is 15.9. The molecule has 0 bridgehead atoms. The number of benzene rings is 1. The van der Waals surface area contributed by atoms with Crippen LogP contribution in [0.1, 0.15) is 18.4 Å². The van der Waals surface area contributed by atoms with Crippen molar-refractivity contribution in [2.75, 3.05) is 36.5 Å². The first-order chi connectivity index (χ1) is 12.7. The number of rotatable bonds is 4. The molecule has 26 heavy (non-hydrogen) atoms. The Balaban J connectivity index is 1.50. The monoisotopic (exact) mass is 417 g/mol. The van der Waals surface area contributed by atoms with E-state index in [1.54, 1.807) is 6.20 Å². The zero-order valence-electron chi connectivity index (χ0n) is 14.3. The molecule has 7 heteroatoms. The summed E-state index contributed by atoms with van der Waals surface area (Å²) in [4.78, 5) is 19.3. The van der Waals surface area contributed by atoms with E-state index in [1.807, 2.05) is 24.3 Å². The molecule has 1 amide bonds. The van der Waals surface area contributed by atoms with E-state index in [0.717, 1.165) is 47.5 Å². The van der Waals surface area contributed by atoms with Gasteiger partial charge in [-0.25, -0.2) is 4.98 Å². The highest BCUT2D eigenvalue weighted by Gasteiger charge is 2.20. The molecule has 2 aromatic rings. The van der Waals surface area contributed by atoms with Gasteiger partial charge in [0.05, 0.1) is 12.1 Å². The lowest BCUT2D eigenvalue weighted by atomic mass is 10.1. The molecule has 6 nitrogen and oxygen atoms in total.